The van der Waals surface area contributed by atoms with Crippen LogP contribution < -0.4 is 10.2 Å². The maximum Gasteiger partial charge on any atom is 0.245 e. The van der Waals surface area contributed by atoms with Crippen molar-refractivity contribution in [3.8, 4) is 0 Å². The molecule has 1 N–H and O–H groups in total. The predicted molar refractivity (Wildman–Crippen MR) is 68.2 cm³/mol. The molecule has 1 fully saturated rings. The summed E-state index contributed by atoms with van der Waals surface area (Å²) in [6.07, 6.45) is 2.41. The molecule has 0 atom stereocenters. The van der Waals surface area contributed by atoms with Crippen LogP contribution in [-0.4, -0.2) is 41.9 Å². The molecule has 0 bridgehead atoms. The van der Waals surface area contributed by atoms with Crippen LogP contribution in [0.2, 0.25) is 0 Å². The minimum absolute atomic E-state index is 0.788. The summed E-state index contributed by atoms with van der Waals surface area (Å²) in [6.45, 7) is 7.12. The molecule has 1 aromatic heterocycles. The van der Waals surface area contributed by atoms with E-state index in [0.717, 1.165) is 42.9 Å². The SMILES string of the molecule is CNCC1CCN(c2nnc(C)c(C)n2)CC1. The normalized spacial score (nSPS) is 17.5. The number of aryl methyl sites for hydroxylation is 2. The molecule has 0 aromatic carbocycles. The Kier molecular flexibility index (Phi) is 3.89. The van der Waals surface area contributed by atoms with Crippen LogP contribution in [0.3, 0.4) is 0 Å². The van der Waals surface area contributed by atoms with Crippen molar-refractivity contribution in [2.45, 2.75) is 26.7 Å². The van der Waals surface area contributed by atoms with Crippen LogP contribution in [0.15, 0.2) is 0 Å². The number of nitrogens with one attached hydrogen (secondary N) is 1. The largest absolute Gasteiger partial charge is 0.340 e. The summed E-state index contributed by atoms with van der Waals surface area (Å²) in [5.41, 5.74) is 1.89. The molecule has 2 rings (SSSR count). The molecule has 0 amide bonds. The number of hydrogen-bond donors (Lipinski definition) is 1. The Morgan fingerprint density at radius 1 is 1.18 bits per heavy atom. The summed E-state index contributed by atoms with van der Waals surface area (Å²) >= 11 is 0. The highest BCUT2D eigenvalue weighted by atomic mass is 15.3. The van der Waals surface area contributed by atoms with Gasteiger partial charge in [-0.25, -0.2) is 4.98 Å². The molecule has 94 valence electrons. The van der Waals surface area contributed by atoms with Gasteiger partial charge in [0.25, 0.3) is 0 Å². The summed E-state index contributed by atoms with van der Waals surface area (Å²) in [7, 11) is 2.02. The van der Waals surface area contributed by atoms with Gasteiger partial charge in [0.1, 0.15) is 0 Å². The van der Waals surface area contributed by atoms with E-state index in [2.05, 4.69) is 25.4 Å². The minimum atomic E-state index is 0.788. The first-order valence-electron chi connectivity index (χ1n) is 6.28. The third-order valence-corrected chi connectivity index (χ3v) is 3.47. The average molecular weight is 235 g/mol. The zero-order valence-electron chi connectivity index (χ0n) is 10.9. The molecular formula is C12H21N5. The summed E-state index contributed by atoms with van der Waals surface area (Å²) < 4.78 is 0. The van der Waals surface area contributed by atoms with E-state index in [1.807, 2.05) is 20.9 Å². The van der Waals surface area contributed by atoms with Crippen molar-refractivity contribution in [1.82, 2.24) is 20.5 Å². The average Bonchev–Trinajstić information content (AvgIpc) is 2.34. The fourth-order valence-corrected chi connectivity index (χ4v) is 2.21. The first-order chi connectivity index (χ1) is 8.20. The number of piperidine rings is 1. The van der Waals surface area contributed by atoms with Crippen molar-refractivity contribution in [2.24, 2.45) is 5.92 Å². The van der Waals surface area contributed by atoms with Crippen molar-refractivity contribution in [3.63, 3.8) is 0 Å². The lowest BCUT2D eigenvalue weighted by molar-refractivity contribution is 0.390. The van der Waals surface area contributed by atoms with Crippen LogP contribution in [0.4, 0.5) is 5.95 Å². The second-order valence-corrected chi connectivity index (χ2v) is 4.77. The summed E-state index contributed by atoms with van der Waals surface area (Å²) in [6, 6.07) is 0. The summed E-state index contributed by atoms with van der Waals surface area (Å²) in [4.78, 5) is 6.75. The predicted octanol–water partition coefficient (Wildman–Crippen LogP) is 0.924. The van der Waals surface area contributed by atoms with Gasteiger partial charge < -0.3 is 10.2 Å². The Balaban J connectivity index is 1.98. The molecule has 0 radical (unpaired) electrons. The van der Waals surface area contributed by atoms with Crippen LogP contribution in [0, 0.1) is 19.8 Å². The summed E-state index contributed by atoms with van der Waals surface area (Å²) in [5, 5.41) is 11.6. The van der Waals surface area contributed by atoms with Crippen LogP contribution in [-0.2, 0) is 0 Å². The lowest BCUT2D eigenvalue weighted by Gasteiger charge is -2.31. The molecule has 1 saturated heterocycles. The van der Waals surface area contributed by atoms with Crippen LogP contribution in [0.25, 0.3) is 0 Å². The van der Waals surface area contributed by atoms with E-state index in [4.69, 9.17) is 0 Å². The lowest BCUT2D eigenvalue weighted by atomic mass is 9.97. The van der Waals surface area contributed by atoms with Gasteiger partial charge in [-0.3, -0.25) is 0 Å². The van der Waals surface area contributed by atoms with E-state index in [1.165, 1.54) is 12.8 Å². The molecule has 17 heavy (non-hydrogen) atoms. The molecule has 5 nitrogen and oxygen atoms in total. The Labute approximate surface area is 103 Å². The molecule has 5 heteroatoms. The molecule has 1 aliphatic heterocycles. The highest BCUT2D eigenvalue weighted by molar-refractivity contribution is 5.30. The molecule has 1 aromatic rings. The van der Waals surface area contributed by atoms with E-state index < -0.39 is 0 Å². The van der Waals surface area contributed by atoms with E-state index in [-0.39, 0.29) is 0 Å². The van der Waals surface area contributed by atoms with Crippen LogP contribution in [0.1, 0.15) is 24.2 Å². The van der Waals surface area contributed by atoms with E-state index in [0.29, 0.717) is 0 Å². The highest BCUT2D eigenvalue weighted by Gasteiger charge is 2.20. The van der Waals surface area contributed by atoms with Gasteiger partial charge >= 0.3 is 0 Å². The highest BCUT2D eigenvalue weighted by Crippen LogP contribution is 2.19. The molecule has 0 aliphatic carbocycles. The van der Waals surface area contributed by atoms with Gasteiger partial charge in [-0.2, -0.15) is 5.10 Å². The van der Waals surface area contributed by atoms with Gasteiger partial charge in [0.05, 0.1) is 11.4 Å². The van der Waals surface area contributed by atoms with Gasteiger partial charge in [0, 0.05) is 13.1 Å². The van der Waals surface area contributed by atoms with Crippen molar-refractivity contribution in [2.75, 3.05) is 31.6 Å². The first kappa shape index (κ1) is 12.2. The Morgan fingerprint density at radius 2 is 1.88 bits per heavy atom. The quantitative estimate of drug-likeness (QED) is 0.844. The Hall–Kier alpha value is -1.23. The molecule has 0 unspecified atom stereocenters. The van der Waals surface area contributed by atoms with Gasteiger partial charge in [-0.1, -0.05) is 0 Å². The maximum absolute atomic E-state index is 4.50. The monoisotopic (exact) mass is 235 g/mol. The molecular weight excluding hydrogens is 214 g/mol. The van der Waals surface area contributed by atoms with Gasteiger partial charge in [0.15, 0.2) is 0 Å². The first-order valence-corrected chi connectivity index (χ1v) is 6.28. The number of aromatic nitrogens is 3. The fourth-order valence-electron chi connectivity index (χ4n) is 2.21. The van der Waals surface area contributed by atoms with Crippen molar-refractivity contribution in [1.29, 1.82) is 0 Å². The second-order valence-electron chi connectivity index (χ2n) is 4.77. The van der Waals surface area contributed by atoms with E-state index >= 15 is 0 Å². The van der Waals surface area contributed by atoms with Crippen molar-refractivity contribution >= 4 is 5.95 Å². The van der Waals surface area contributed by atoms with Crippen LogP contribution in [0.5, 0.6) is 0 Å². The Morgan fingerprint density at radius 3 is 2.47 bits per heavy atom. The minimum Gasteiger partial charge on any atom is -0.340 e. The van der Waals surface area contributed by atoms with Crippen molar-refractivity contribution < 1.29 is 0 Å². The maximum atomic E-state index is 4.50. The second kappa shape index (κ2) is 5.40. The fraction of sp³-hybridized carbons (Fsp3) is 0.750. The molecule has 2 heterocycles. The van der Waals surface area contributed by atoms with Crippen molar-refractivity contribution in [3.05, 3.63) is 11.4 Å². The molecule has 1 aliphatic rings. The van der Waals surface area contributed by atoms with E-state index in [9.17, 15) is 0 Å². The lowest BCUT2D eigenvalue weighted by Crippen LogP contribution is -2.37. The zero-order valence-corrected chi connectivity index (χ0v) is 10.9. The number of hydrogen-bond acceptors (Lipinski definition) is 5. The van der Waals surface area contributed by atoms with Gasteiger partial charge in [0.2, 0.25) is 5.95 Å². The molecule has 0 saturated carbocycles. The smallest absolute Gasteiger partial charge is 0.245 e. The number of anilines is 1. The van der Waals surface area contributed by atoms with Gasteiger partial charge in [-0.05, 0) is 46.2 Å². The zero-order chi connectivity index (χ0) is 12.3. The Bertz CT molecular complexity index is 371. The third-order valence-electron chi connectivity index (χ3n) is 3.47. The number of rotatable bonds is 3. The van der Waals surface area contributed by atoms with E-state index in [1.54, 1.807) is 0 Å². The number of nitrogens with zero attached hydrogens (tertiary/aromatic N) is 4. The third kappa shape index (κ3) is 2.91. The van der Waals surface area contributed by atoms with Crippen LogP contribution >= 0.6 is 0 Å². The summed E-state index contributed by atoms with van der Waals surface area (Å²) in [5.74, 6) is 1.58. The molecule has 0 spiro atoms. The topological polar surface area (TPSA) is 53.9 Å². The standard InChI is InChI=1S/C12H21N5/c1-9-10(2)15-16-12(14-9)17-6-4-11(5-7-17)8-13-3/h11,13H,4-8H2,1-3H3. The van der Waals surface area contributed by atoms with Gasteiger partial charge in [-0.15, -0.1) is 5.10 Å².